The molecule has 0 aliphatic rings. The van der Waals surface area contributed by atoms with E-state index in [-0.39, 0.29) is 18.5 Å². The average Bonchev–Trinajstić information content (AvgIpc) is 2.50. The normalized spacial score (nSPS) is 10.8. The predicted octanol–water partition coefficient (Wildman–Crippen LogP) is 0.230. The molecule has 0 amide bonds. The topological polar surface area (TPSA) is 68.2 Å². The summed E-state index contributed by atoms with van der Waals surface area (Å²) in [4.78, 5) is 1.18. The molecule has 0 bridgehead atoms. The first-order chi connectivity index (χ1) is 6.13. The lowest BCUT2D eigenvalue weighted by atomic mass is 10.6. The van der Waals surface area contributed by atoms with Crippen LogP contribution in [0.5, 0.6) is 0 Å². The summed E-state index contributed by atoms with van der Waals surface area (Å²) in [6, 6.07) is 0.0563. The first-order valence-corrected chi connectivity index (χ1v) is 3.65. The van der Waals surface area contributed by atoms with Gasteiger partial charge in [-0.05, 0) is 0 Å². The standard InChI is InChI=1S/C6H10F2N4O/c1-12(3-4(7)8)6-11-10-5(2-9)13-6/h4H,2-3,9H2,1H3. The van der Waals surface area contributed by atoms with Crippen LogP contribution in [0.25, 0.3) is 0 Å². The van der Waals surface area contributed by atoms with Crippen LogP contribution in [0.1, 0.15) is 5.89 Å². The Morgan fingerprint density at radius 2 is 2.23 bits per heavy atom. The van der Waals surface area contributed by atoms with Crippen molar-refractivity contribution in [3.63, 3.8) is 0 Å². The number of alkyl halides is 2. The summed E-state index contributed by atoms with van der Waals surface area (Å²) in [5, 5.41) is 7.07. The number of nitrogens with two attached hydrogens (primary N) is 1. The van der Waals surface area contributed by atoms with Crippen LogP contribution in [0.3, 0.4) is 0 Å². The molecular formula is C6H10F2N4O. The molecule has 7 heteroatoms. The van der Waals surface area contributed by atoms with Crippen LogP contribution >= 0.6 is 0 Å². The van der Waals surface area contributed by atoms with Crippen LogP contribution in [0.2, 0.25) is 0 Å². The maximum absolute atomic E-state index is 11.9. The zero-order valence-corrected chi connectivity index (χ0v) is 7.07. The SMILES string of the molecule is CN(CC(F)F)c1nnc(CN)o1. The lowest BCUT2D eigenvalue weighted by Gasteiger charge is -2.11. The molecule has 1 aromatic rings. The first kappa shape index (κ1) is 9.85. The van der Waals surface area contributed by atoms with E-state index in [4.69, 9.17) is 10.2 Å². The van der Waals surface area contributed by atoms with E-state index in [1.54, 1.807) is 0 Å². The van der Waals surface area contributed by atoms with E-state index in [1.807, 2.05) is 0 Å². The fraction of sp³-hybridized carbons (Fsp3) is 0.667. The fourth-order valence-corrected chi connectivity index (χ4v) is 0.767. The summed E-state index contributed by atoms with van der Waals surface area (Å²) in [7, 11) is 1.44. The van der Waals surface area contributed by atoms with Gasteiger partial charge in [-0.15, -0.1) is 5.10 Å². The Bertz CT molecular complexity index is 265. The minimum absolute atomic E-state index is 0.0563. The third kappa shape index (κ3) is 2.62. The van der Waals surface area contributed by atoms with E-state index in [0.717, 1.165) is 0 Å². The molecule has 5 nitrogen and oxygen atoms in total. The minimum Gasteiger partial charge on any atom is -0.407 e. The summed E-state index contributed by atoms with van der Waals surface area (Å²) in [6.07, 6.45) is -2.43. The largest absolute Gasteiger partial charge is 0.407 e. The van der Waals surface area contributed by atoms with E-state index >= 15 is 0 Å². The quantitative estimate of drug-likeness (QED) is 0.739. The Balaban J connectivity index is 2.60. The number of halogens is 2. The van der Waals surface area contributed by atoms with Crippen LogP contribution in [-0.4, -0.2) is 30.2 Å². The number of hydrogen-bond acceptors (Lipinski definition) is 5. The highest BCUT2D eigenvalue weighted by molar-refractivity contribution is 5.21. The average molecular weight is 192 g/mol. The van der Waals surface area contributed by atoms with Gasteiger partial charge in [0, 0.05) is 7.05 Å². The Labute approximate surface area is 73.5 Å². The molecule has 1 heterocycles. The maximum Gasteiger partial charge on any atom is 0.318 e. The van der Waals surface area contributed by atoms with Crippen LogP contribution in [0.4, 0.5) is 14.8 Å². The molecule has 0 aliphatic carbocycles. The van der Waals surface area contributed by atoms with Crippen LogP contribution in [-0.2, 0) is 6.54 Å². The van der Waals surface area contributed by atoms with Crippen molar-refractivity contribution in [2.75, 3.05) is 18.5 Å². The van der Waals surface area contributed by atoms with Crippen molar-refractivity contribution in [2.24, 2.45) is 5.73 Å². The Hall–Kier alpha value is -1.24. The second-order valence-electron chi connectivity index (χ2n) is 2.45. The number of nitrogens with zero attached hydrogens (tertiary/aromatic N) is 3. The molecule has 13 heavy (non-hydrogen) atoms. The van der Waals surface area contributed by atoms with Gasteiger partial charge in [0.1, 0.15) is 0 Å². The first-order valence-electron chi connectivity index (χ1n) is 3.65. The van der Waals surface area contributed by atoms with Gasteiger partial charge in [-0.25, -0.2) is 8.78 Å². The van der Waals surface area contributed by atoms with Gasteiger partial charge in [-0.1, -0.05) is 5.10 Å². The fourth-order valence-electron chi connectivity index (χ4n) is 0.767. The molecule has 0 aliphatic heterocycles. The van der Waals surface area contributed by atoms with Crippen molar-refractivity contribution in [1.82, 2.24) is 10.2 Å². The van der Waals surface area contributed by atoms with Crippen LogP contribution in [0.15, 0.2) is 4.42 Å². The molecule has 0 aromatic carbocycles. The molecule has 1 aromatic heterocycles. The molecule has 0 saturated heterocycles. The smallest absolute Gasteiger partial charge is 0.318 e. The van der Waals surface area contributed by atoms with Crippen LogP contribution in [0, 0.1) is 0 Å². The van der Waals surface area contributed by atoms with E-state index in [0.29, 0.717) is 0 Å². The molecule has 0 spiro atoms. The van der Waals surface area contributed by atoms with Crippen molar-refractivity contribution < 1.29 is 13.2 Å². The van der Waals surface area contributed by atoms with Gasteiger partial charge in [-0.2, -0.15) is 0 Å². The van der Waals surface area contributed by atoms with E-state index in [2.05, 4.69) is 10.2 Å². The highest BCUT2D eigenvalue weighted by Gasteiger charge is 2.13. The number of hydrogen-bond donors (Lipinski definition) is 1. The van der Waals surface area contributed by atoms with Gasteiger partial charge in [0.15, 0.2) is 0 Å². The maximum atomic E-state index is 11.9. The molecule has 0 unspecified atom stereocenters. The lowest BCUT2D eigenvalue weighted by Crippen LogP contribution is -2.24. The summed E-state index contributed by atoms with van der Waals surface area (Å²) in [6.45, 7) is -0.332. The molecular weight excluding hydrogens is 182 g/mol. The second kappa shape index (κ2) is 4.13. The third-order valence-corrected chi connectivity index (χ3v) is 1.37. The monoisotopic (exact) mass is 192 g/mol. The second-order valence-corrected chi connectivity index (χ2v) is 2.45. The molecule has 0 saturated carbocycles. The van der Waals surface area contributed by atoms with Gasteiger partial charge in [0.05, 0.1) is 13.1 Å². The summed E-state index contributed by atoms with van der Waals surface area (Å²) in [5.41, 5.74) is 5.20. The molecule has 2 N–H and O–H groups in total. The Morgan fingerprint density at radius 1 is 1.54 bits per heavy atom. The highest BCUT2D eigenvalue weighted by atomic mass is 19.3. The number of aromatic nitrogens is 2. The molecule has 0 radical (unpaired) electrons. The number of anilines is 1. The zero-order chi connectivity index (χ0) is 9.84. The van der Waals surface area contributed by atoms with Crippen molar-refractivity contribution in [1.29, 1.82) is 0 Å². The third-order valence-electron chi connectivity index (χ3n) is 1.37. The number of rotatable bonds is 4. The Morgan fingerprint density at radius 3 is 2.69 bits per heavy atom. The molecule has 0 fully saturated rings. The Kier molecular flexibility index (Phi) is 3.13. The summed E-state index contributed by atoms with van der Waals surface area (Å²) in [5.74, 6) is 0.233. The van der Waals surface area contributed by atoms with Gasteiger partial charge < -0.3 is 15.1 Å². The van der Waals surface area contributed by atoms with E-state index in [1.165, 1.54) is 11.9 Å². The van der Waals surface area contributed by atoms with Crippen LogP contribution < -0.4 is 10.6 Å². The molecule has 74 valence electrons. The van der Waals surface area contributed by atoms with Gasteiger partial charge >= 0.3 is 6.01 Å². The minimum atomic E-state index is -2.43. The summed E-state index contributed by atoms with van der Waals surface area (Å²) >= 11 is 0. The predicted molar refractivity (Wildman–Crippen MR) is 41.5 cm³/mol. The zero-order valence-electron chi connectivity index (χ0n) is 7.07. The van der Waals surface area contributed by atoms with Gasteiger partial charge in [0.2, 0.25) is 5.89 Å². The molecule has 1 rings (SSSR count). The van der Waals surface area contributed by atoms with E-state index in [9.17, 15) is 8.78 Å². The van der Waals surface area contributed by atoms with Crippen molar-refractivity contribution in [3.05, 3.63) is 5.89 Å². The molecule has 0 atom stereocenters. The van der Waals surface area contributed by atoms with Gasteiger partial charge in [-0.3, -0.25) is 0 Å². The lowest BCUT2D eigenvalue weighted by molar-refractivity contribution is 0.155. The van der Waals surface area contributed by atoms with Crippen molar-refractivity contribution in [2.45, 2.75) is 13.0 Å². The van der Waals surface area contributed by atoms with Crippen molar-refractivity contribution >= 4 is 6.01 Å². The van der Waals surface area contributed by atoms with Crippen molar-refractivity contribution in [3.8, 4) is 0 Å². The summed E-state index contributed by atoms with van der Waals surface area (Å²) < 4.78 is 28.7. The highest BCUT2D eigenvalue weighted by Crippen LogP contribution is 2.10. The van der Waals surface area contributed by atoms with E-state index < -0.39 is 13.0 Å². The van der Waals surface area contributed by atoms with Gasteiger partial charge in [0.25, 0.3) is 6.43 Å².